The third-order valence-corrected chi connectivity index (χ3v) is 3.81. The Balaban J connectivity index is 2.09. The summed E-state index contributed by atoms with van der Waals surface area (Å²) in [6.45, 7) is 2.09. The fraction of sp³-hybridized carbons (Fsp3) is 0.231. The van der Waals surface area contributed by atoms with Gasteiger partial charge in [-0.2, -0.15) is 5.10 Å². The maximum Gasteiger partial charge on any atom is 0.256 e. The first-order valence-electron chi connectivity index (χ1n) is 5.91. The van der Waals surface area contributed by atoms with Crippen LogP contribution in [0.3, 0.4) is 0 Å². The molecule has 0 radical (unpaired) electrons. The van der Waals surface area contributed by atoms with Crippen molar-refractivity contribution in [2.75, 3.05) is 5.32 Å². The molecule has 6 heteroatoms. The van der Waals surface area contributed by atoms with E-state index in [4.69, 9.17) is 11.6 Å². The van der Waals surface area contributed by atoms with Crippen LogP contribution in [-0.4, -0.2) is 16.1 Å². The highest BCUT2D eigenvalue weighted by Crippen LogP contribution is 2.23. The molecule has 0 aliphatic heterocycles. The molecule has 1 aromatic heterocycles. The SMILES string of the molecule is CCCc1cc(NC(=O)c2ccc(Br)c(Cl)c2)n[nH]1. The number of carbonyl (C=O) groups excluding carboxylic acids is 1. The van der Waals surface area contributed by atoms with E-state index in [1.165, 1.54) is 0 Å². The lowest BCUT2D eigenvalue weighted by Gasteiger charge is -2.03. The number of nitrogens with one attached hydrogen (secondary N) is 2. The summed E-state index contributed by atoms with van der Waals surface area (Å²) in [7, 11) is 0. The van der Waals surface area contributed by atoms with Crippen LogP contribution in [0.2, 0.25) is 5.02 Å². The second-order valence-electron chi connectivity index (χ2n) is 4.11. The van der Waals surface area contributed by atoms with Crippen molar-refractivity contribution < 1.29 is 4.79 Å². The molecule has 100 valence electrons. The van der Waals surface area contributed by atoms with E-state index in [-0.39, 0.29) is 5.91 Å². The standard InChI is InChI=1S/C13H13BrClN3O/c1-2-3-9-7-12(18-17-9)16-13(19)8-4-5-10(14)11(15)6-8/h4-7H,2-3H2,1H3,(H2,16,17,18,19). The lowest BCUT2D eigenvalue weighted by molar-refractivity contribution is 0.102. The minimum Gasteiger partial charge on any atom is -0.305 e. The molecule has 2 rings (SSSR count). The van der Waals surface area contributed by atoms with Crippen LogP contribution < -0.4 is 5.32 Å². The van der Waals surface area contributed by atoms with Crippen LogP contribution >= 0.6 is 27.5 Å². The molecule has 0 saturated heterocycles. The molecule has 0 unspecified atom stereocenters. The zero-order valence-electron chi connectivity index (χ0n) is 10.3. The number of aryl methyl sites for hydroxylation is 1. The van der Waals surface area contributed by atoms with Gasteiger partial charge in [0.2, 0.25) is 0 Å². The number of benzene rings is 1. The van der Waals surface area contributed by atoms with Crippen molar-refractivity contribution in [3.8, 4) is 0 Å². The number of halogens is 2. The van der Waals surface area contributed by atoms with Crippen LogP contribution in [-0.2, 0) is 6.42 Å². The summed E-state index contributed by atoms with van der Waals surface area (Å²) in [5.41, 5.74) is 1.50. The number of H-pyrrole nitrogens is 1. The first-order chi connectivity index (χ1) is 9.10. The van der Waals surface area contributed by atoms with Crippen LogP contribution in [0, 0.1) is 0 Å². The number of carbonyl (C=O) groups is 1. The maximum atomic E-state index is 12.0. The third-order valence-electron chi connectivity index (χ3n) is 2.57. The Hall–Kier alpha value is -1.33. The second-order valence-corrected chi connectivity index (χ2v) is 5.37. The monoisotopic (exact) mass is 341 g/mol. The van der Waals surface area contributed by atoms with Gasteiger partial charge in [0.25, 0.3) is 5.91 Å². The Morgan fingerprint density at radius 3 is 2.95 bits per heavy atom. The van der Waals surface area contributed by atoms with E-state index in [9.17, 15) is 4.79 Å². The van der Waals surface area contributed by atoms with E-state index >= 15 is 0 Å². The van der Waals surface area contributed by atoms with E-state index in [0.717, 1.165) is 23.0 Å². The van der Waals surface area contributed by atoms with Gasteiger partial charge in [-0.15, -0.1) is 0 Å². The highest BCUT2D eigenvalue weighted by atomic mass is 79.9. The van der Waals surface area contributed by atoms with Crippen molar-refractivity contribution in [3.63, 3.8) is 0 Å². The fourth-order valence-corrected chi connectivity index (χ4v) is 2.08. The molecule has 0 spiro atoms. The molecule has 4 nitrogen and oxygen atoms in total. The van der Waals surface area contributed by atoms with Crippen LogP contribution in [0.15, 0.2) is 28.7 Å². The third kappa shape index (κ3) is 3.58. The largest absolute Gasteiger partial charge is 0.305 e. The van der Waals surface area contributed by atoms with Crippen molar-refractivity contribution >= 4 is 39.3 Å². The van der Waals surface area contributed by atoms with Crippen molar-refractivity contribution in [1.29, 1.82) is 0 Å². The lowest BCUT2D eigenvalue weighted by Crippen LogP contribution is -2.12. The Kier molecular flexibility index (Phi) is 4.61. The Labute approximate surface area is 124 Å². The van der Waals surface area contributed by atoms with Crippen LogP contribution in [0.5, 0.6) is 0 Å². The van der Waals surface area contributed by atoms with E-state index in [0.29, 0.717) is 16.4 Å². The molecular weight excluding hydrogens is 330 g/mol. The number of amides is 1. The predicted molar refractivity (Wildman–Crippen MR) is 79.7 cm³/mol. The molecule has 0 aliphatic carbocycles. The summed E-state index contributed by atoms with van der Waals surface area (Å²) in [6, 6.07) is 6.89. The summed E-state index contributed by atoms with van der Waals surface area (Å²) < 4.78 is 0.760. The molecule has 0 bridgehead atoms. The van der Waals surface area contributed by atoms with Crippen LogP contribution in [0.4, 0.5) is 5.82 Å². The molecule has 0 aliphatic rings. The highest BCUT2D eigenvalue weighted by molar-refractivity contribution is 9.10. The minimum atomic E-state index is -0.232. The zero-order valence-corrected chi connectivity index (χ0v) is 12.7. The number of hydrogen-bond donors (Lipinski definition) is 2. The zero-order chi connectivity index (χ0) is 13.8. The summed E-state index contributed by atoms with van der Waals surface area (Å²) in [5.74, 6) is 0.288. The number of aromatic amines is 1. The van der Waals surface area contributed by atoms with E-state index in [2.05, 4.69) is 38.4 Å². The van der Waals surface area contributed by atoms with Gasteiger partial charge in [-0.1, -0.05) is 24.9 Å². The lowest BCUT2D eigenvalue weighted by atomic mass is 10.2. The summed E-state index contributed by atoms with van der Waals surface area (Å²) in [6.07, 6.45) is 1.94. The Morgan fingerprint density at radius 2 is 2.26 bits per heavy atom. The molecule has 1 amide bonds. The van der Waals surface area contributed by atoms with Crippen LogP contribution in [0.1, 0.15) is 29.4 Å². The van der Waals surface area contributed by atoms with Crippen LogP contribution in [0.25, 0.3) is 0 Å². The van der Waals surface area contributed by atoms with E-state index in [1.807, 2.05) is 6.07 Å². The van der Waals surface area contributed by atoms with Gasteiger partial charge in [0.15, 0.2) is 5.82 Å². The highest BCUT2D eigenvalue weighted by Gasteiger charge is 2.10. The second kappa shape index (κ2) is 6.21. The normalized spacial score (nSPS) is 10.5. The molecule has 0 atom stereocenters. The Morgan fingerprint density at radius 1 is 1.47 bits per heavy atom. The number of rotatable bonds is 4. The fourth-order valence-electron chi connectivity index (χ4n) is 1.65. The molecule has 1 heterocycles. The molecule has 0 saturated carbocycles. The summed E-state index contributed by atoms with van der Waals surface area (Å²) in [5, 5.41) is 10.2. The van der Waals surface area contributed by atoms with Gasteiger partial charge in [0, 0.05) is 21.8 Å². The van der Waals surface area contributed by atoms with E-state index in [1.54, 1.807) is 18.2 Å². The van der Waals surface area contributed by atoms with Gasteiger partial charge in [-0.3, -0.25) is 9.89 Å². The molecule has 0 fully saturated rings. The first-order valence-corrected chi connectivity index (χ1v) is 7.08. The molecule has 19 heavy (non-hydrogen) atoms. The van der Waals surface area contributed by atoms with Gasteiger partial charge >= 0.3 is 0 Å². The van der Waals surface area contributed by atoms with Crippen molar-refractivity contribution in [2.45, 2.75) is 19.8 Å². The summed E-state index contributed by atoms with van der Waals surface area (Å²) >= 11 is 9.24. The maximum absolute atomic E-state index is 12.0. The van der Waals surface area contributed by atoms with Gasteiger partial charge in [0.1, 0.15) is 0 Å². The van der Waals surface area contributed by atoms with Gasteiger partial charge < -0.3 is 5.32 Å². The van der Waals surface area contributed by atoms with Gasteiger partial charge in [-0.05, 0) is 40.5 Å². The van der Waals surface area contributed by atoms with E-state index < -0.39 is 0 Å². The quantitative estimate of drug-likeness (QED) is 0.881. The number of aromatic nitrogens is 2. The number of hydrogen-bond acceptors (Lipinski definition) is 2. The van der Waals surface area contributed by atoms with Crippen molar-refractivity contribution in [1.82, 2.24) is 10.2 Å². The first kappa shape index (κ1) is 14.1. The molecule has 2 N–H and O–H groups in total. The summed E-state index contributed by atoms with van der Waals surface area (Å²) in [4.78, 5) is 12.0. The molecular formula is C13H13BrClN3O. The van der Waals surface area contributed by atoms with Crippen molar-refractivity contribution in [2.24, 2.45) is 0 Å². The van der Waals surface area contributed by atoms with Crippen molar-refractivity contribution in [3.05, 3.63) is 45.0 Å². The number of nitrogens with zero attached hydrogens (tertiary/aromatic N) is 1. The van der Waals surface area contributed by atoms with Gasteiger partial charge in [-0.25, -0.2) is 0 Å². The predicted octanol–water partition coefficient (Wildman–Crippen LogP) is 4.03. The minimum absolute atomic E-state index is 0.232. The topological polar surface area (TPSA) is 57.8 Å². The average Bonchev–Trinajstić information content (AvgIpc) is 2.80. The Bertz CT molecular complexity index is 597. The average molecular weight is 343 g/mol. The van der Waals surface area contributed by atoms with Gasteiger partial charge in [0.05, 0.1) is 5.02 Å². The molecule has 1 aromatic carbocycles. The number of anilines is 1. The molecule has 2 aromatic rings. The smallest absolute Gasteiger partial charge is 0.256 e.